The molecule has 0 saturated heterocycles. The second kappa shape index (κ2) is 13.3. The van der Waals surface area contributed by atoms with Crippen LogP contribution in [0.1, 0.15) is 25.7 Å². The molecule has 0 aromatic heterocycles. The Hall–Kier alpha value is 0.722. The Morgan fingerprint density at radius 2 is 1.09 bits per heavy atom. The first-order valence-electron chi connectivity index (χ1n) is 3.32. The van der Waals surface area contributed by atoms with Gasteiger partial charge in [0, 0.05) is 0 Å². The molecule has 0 saturated carbocycles. The second-order valence-electron chi connectivity index (χ2n) is 2.14. The first-order valence-corrected chi connectivity index (χ1v) is 3.32. The van der Waals surface area contributed by atoms with Gasteiger partial charge in [0.1, 0.15) is 0 Å². The molecule has 3 heteroatoms. The molecule has 0 spiro atoms. The molecule has 0 aromatic rings. The van der Waals surface area contributed by atoms with Gasteiger partial charge in [-0.05, 0) is 25.7 Å². The summed E-state index contributed by atoms with van der Waals surface area (Å²) in [6, 6.07) is 0. The normalized spacial score (nSPS) is 14.5. The Labute approximate surface area is 95.0 Å². The van der Waals surface area contributed by atoms with Crippen molar-refractivity contribution in [3.8, 4) is 0 Å². The molecular formula is C8H12Cl2Pd. The summed E-state index contributed by atoms with van der Waals surface area (Å²) in [4.78, 5) is 0. The van der Waals surface area contributed by atoms with E-state index in [1.165, 1.54) is 25.7 Å². The summed E-state index contributed by atoms with van der Waals surface area (Å²) in [5.74, 6) is 0. The maximum Gasteiger partial charge on any atom is 2.00 e. The molecule has 0 aliphatic heterocycles. The third-order valence-corrected chi connectivity index (χ3v) is 1.37. The van der Waals surface area contributed by atoms with E-state index in [4.69, 9.17) is 0 Å². The molecule has 0 amide bonds. The first-order chi connectivity index (χ1) is 4.00. The summed E-state index contributed by atoms with van der Waals surface area (Å²) in [6.45, 7) is 0. The van der Waals surface area contributed by atoms with Gasteiger partial charge in [0.15, 0.2) is 0 Å². The van der Waals surface area contributed by atoms with Crippen LogP contribution in [0.4, 0.5) is 0 Å². The quantitative estimate of drug-likeness (QED) is 0.409. The molecule has 0 bridgehead atoms. The molecule has 68 valence electrons. The molecule has 1 aliphatic rings. The van der Waals surface area contributed by atoms with Gasteiger partial charge in [-0.15, -0.1) is 0 Å². The second-order valence-corrected chi connectivity index (χ2v) is 2.14. The predicted molar refractivity (Wildman–Crippen MR) is 36.7 cm³/mol. The van der Waals surface area contributed by atoms with Gasteiger partial charge >= 0.3 is 20.4 Å². The van der Waals surface area contributed by atoms with E-state index >= 15 is 0 Å². The number of halogens is 2. The average molecular weight is 286 g/mol. The van der Waals surface area contributed by atoms with Crippen molar-refractivity contribution in [2.75, 3.05) is 0 Å². The van der Waals surface area contributed by atoms with Crippen molar-refractivity contribution in [3.63, 3.8) is 0 Å². The van der Waals surface area contributed by atoms with Gasteiger partial charge < -0.3 is 24.8 Å². The molecule has 11 heavy (non-hydrogen) atoms. The van der Waals surface area contributed by atoms with E-state index in [1.54, 1.807) is 0 Å². The minimum Gasteiger partial charge on any atom is -1.00 e. The van der Waals surface area contributed by atoms with Gasteiger partial charge in [-0.1, -0.05) is 24.3 Å². The van der Waals surface area contributed by atoms with Crippen LogP contribution >= 0.6 is 0 Å². The van der Waals surface area contributed by atoms with E-state index in [1.807, 2.05) is 0 Å². The number of allylic oxidation sites excluding steroid dienone is 4. The zero-order chi connectivity index (χ0) is 5.66. The topological polar surface area (TPSA) is 0 Å². The fourth-order valence-electron chi connectivity index (χ4n) is 0.874. The summed E-state index contributed by atoms with van der Waals surface area (Å²) in [5.41, 5.74) is 0. The van der Waals surface area contributed by atoms with Crippen LogP contribution < -0.4 is 24.8 Å². The van der Waals surface area contributed by atoms with E-state index in [2.05, 4.69) is 24.3 Å². The molecule has 0 nitrogen and oxygen atoms in total. The van der Waals surface area contributed by atoms with Crippen molar-refractivity contribution >= 4 is 0 Å². The number of rotatable bonds is 0. The van der Waals surface area contributed by atoms with Crippen molar-refractivity contribution in [2.45, 2.75) is 25.7 Å². The third-order valence-electron chi connectivity index (χ3n) is 1.37. The third kappa shape index (κ3) is 10.7. The summed E-state index contributed by atoms with van der Waals surface area (Å²) in [7, 11) is 0. The summed E-state index contributed by atoms with van der Waals surface area (Å²) >= 11 is 0. The van der Waals surface area contributed by atoms with Gasteiger partial charge in [0.2, 0.25) is 0 Å². The summed E-state index contributed by atoms with van der Waals surface area (Å²) < 4.78 is 0. The molecule has 0 heterocycles. The largest absolute Gasteiger partial charge is 2.00 e. The van der Waals surface area contributed by atoms with Gasteiger partial charge in [0.25, 0.3) is 0 Å². The standard InChI is InChI=1S/C8H12.2ClH.Pd/c1-2-4-6-8-7-5-3-1;;;/h1-4H,5-8H2;2*1H;/q;;;+2/p-2. The molecule has 0 radical (unpaired) electrons. The Bertz CT molecular complexity index is 96.7. The smallest absolute Gasteiger partial charge is 1.00 e. The summed E-state index contributed by atoms with van der Waals surface area (Å²) in [6.07, 6.45) is 14.0. The van der Waals surface area contributed by atoms with Crippen LogP contribution in [0.5, 0.6) is 0 Å². The van der Waals surface area contributed by atoms with Gasteiger partial charge in [0.05, 0.1) is 0 Å². The van der Waals surface area contributed by atoms with E-state index in [0.717, 1.165) is 0 Å². The van der Waals surface area contributed by atoms with Crippen molar-refractivity contribution in [3.05, 3.63) is 24.3 Å². The Kier molecular flexibility index (Phi) is 21.5. The van der Waals surface area contributed by atoms with Crippen LogP contribution in [0.15, 0.2) is 24.3 Å². The maximum absolute atomic E-state index is 2.23. The number of hydrogen-bond donors (Lipinski definition) is 0. The van der Waals surface area contributed by atoms with E-state index in [9.17, 15) is 0 Å². The molecule has 1 rings (SSSR count). The molecule has 0 aromatic carbocycles. The molecule has 0 unspecified atom stereocenters. The zero-order valence-corrected chi connectivity index (χ0v) is 9.28. The Morgan fingerprint density at radius 1 is 0.727 bits per heavy atom. The van der Waals surface area contributed by atoms with Gasteiger partial charge in [-0.3, -0.25) is 0 Å². The molecule has 0 fully saturated rings. The predicted octanol–water partition coefficient (Wildman–Crippen LogP) is -3.32. The summed E-state index contributed by atoms with van der Waals surface area (Å²) in [5, 5.41) is 0. The number of hydrogen-bond acceptors (Lipinski definition) is 0. The maximum atomic E-state index is 2.23. The minimum atomic E-state index is 0. The fraction of sp³-hybridized carbons (Fsp3) is 0.500. The first kappa shape index (κ1) is 17.7. The van der Waals surface area contributed by atoms with Crippen LogP contribution in [0, 0.1) is 0 Å². The van der Waals surface area contributed by atoms with Crippen molar-refractivity contribution in [2.24, 2.45) is 0 Å². The Balaban J connectivity index is -0.000000213. The van der Waals surface area contributed by atoms with Crippen molar-refractivity contribution < 1.29 is 45.2 Å². The van der Waals surface area contributed by atoms with Crippen molar-refractivity contribution in [1.29, 1.82) is 0 Å². The van der Waals surface area contributed by atoms with Gasteiger partial charge in [-0.2, -0.15) is 0 Å². The van der Waals surface area contributed by atoms with Crippen LogP contribution in [-0.4, -0.2) is 0 Å². The minimum absolute atomic E-state index is 0. The SMILES string of the molecule is C1=CCCCCC=C1.[Cl-].[Cl-].[Pd+2]. The van der Waals surface area contributed by atoms with Crippen LogP contribution in [-0.2, 0) is 20.4 Å². The van der Waals surface area contributed by atoms with Crippen molar-refractivity contribution in [1.82, 2.24) is 0 Å². The van der Waals surface area contributed by atoms with Crippen LogP contribution in [0.3, 0.4) is 0 Å². The molecule has 0 N–H and O–H groups in total. The van der Waals surface area contributed by atoms with Crippen LogP contribution in [0.25, 0.3) is 0 Å². The average Bonchev–Trinajstić information content (AvgIpc) is 1.62. The van der Waals surface area contributed by atoms with E-state index in [0.29, 0.717) is 0 Å². The Morgan fingerprint density at radius 3 is 1.45 bits per heavy atom. The molecule has 1 aliphatic carbocycles. The van der Waals surface area contributed by atoms with E-state index < -0.39 is 0 Å². The zero-order valence-electron chi connectivity index (χ0n) is 6.21. The molecular weight excluding hydrogens is 273 g/mol. The van der Waals surface area contributed by atoms with Gasteiger partial charge in [-0.25, -0.2) is 0 Å². The fourth-order valence-corrected chi connectivity index (χ4v) is 0.874. The van der Waals surface area contributed by atoms with E-state index in [-0.39, 0.29) is 45.2 Å². The van der Waals surface area contributed by atoms with Crippen LogP contribution in [0.2, 0.25) is 0 Å². The monoisotopic (exact) mass is 284 g/mol. The molecule has 0 atom stereocenters.